The van der Waals surface area contributed by atoms with Crippen LogP contribution in [-0.2, 0) is 11.3 Å². The van der Waals surface area contributed by atoms with Gasteiger partial charge in [0.25, 0.3) is 0 Å². The smallest absolute Gasteiger partial charge is 0.239 e. The Kier molecular flexibility index (Phi) is 8.34. The van der Waals surface area contributed by atoms with Crippen LogP contribution in [0.15, 0.2) is 24.3 Å². The summed E-state index contributed by atoms with van der Waals surface area (Å²) in [7, 11) is 0. The van der Waals surface area contributed by atoms with Gasteiger partial charge in [-0.3, -0.25) is 9.69 Å². The summed E-state index contributed by atoms with van der Waals surface area (Å²) in [4.78, 5) is 16.6. The zero-order valence-electron chi connectivity index (χ0n) is 13.9. The van der Waals surface area contributed by atoms with E-state index in [-0.39, 0.29) is 30.3 Å². The monoisotopic (exact) mass is 359 g/mol. The van der Waals surface area contributed by atoms with Crippen molar-refractivity contribution in [2.45, 2.75) is 32.9 Å². The molecular formula is C17H27Cl2N3O. The van der Waals surface area contributed by atoms with Crippen molar-refractivity contribution in [1.82, 2.24) is 9.80 Å². The molecule has 23 heavy (non-hydrogen) atoms. The van der Waals surface area contributed by atoms with E-state index >= 15 is 0 Å². The fourth-order valence-electron chi connectivity index (χ4n) is 2.68. The van der Waals surface area contributed by atoms with Gasteiger partial charge in [-0.2, -0.15) is 0 Å². The number of benzene rings is 1. The molecule has 1 aromatic carbocycles. The molecule has 130 valence electrons. The van der Waals surface area contributed by atoms with Crippen molar-refractivity contribution >= 4 is 29.9 Å². The number of nitrogens with two attached hydrogens (primary N) is 1. The maximum Gasteiger partial charge on any atom is 0.239 e. The van der Waals surface area contributed by atoms with Crippen molar-refractivity contribution in [2.75, 3.05) is 26.2 Å². The summed E-state index contributed by atoms with van der Waals surface area (Å²) >= 11 is 5.91. The third-order valence-electron chi connectivity index (χ3n) is 4.55. The van der Waals surface area contributed by atoms with Crippen LogP contribution in [-0.4, -0.2) is 47.9 Å². The van der Waals surface area contributed by atoms with Gasteiger partial charge in [0.2, 0.25) is 5.91 Å². The van der Waals surface area contributed by atoms with Crippen LogP contribution in [0.25, 0.3) is 0 Å². The number of hydrogen-bond donors (Lipinski definition) is 1. The number of carbonyl (C=O) groups is 1. The predicted molar refractivity (Wildman–Crippen MR) is 98.0 cm³/mol. The molecule has 2 N–H and O–H groups in total. The van der Waals surface area contributed by atoms with E-state index < -0.39 is 0 Å². The second-order valence-corrected chi connectivity index (χ2v) is 6.58. The van der Waals surface area contributed by atoms with Crippen LogP contribution in [0, 0.1) is 5.92 Å². The van der Waals surface area contributed by atoms with Crippen LogP contribution in [0.4, 0.5) is 0 Å². The van der Waals surface area contributed by atoms with Gasteiger partial charge in [0.05, 0.1) is 6.04 Å². The highest BCUT2D eigenvalue weighted by molar-refractivity contribution is 6.30. The van der Waals surface area contributed by atoms with Gasteiger partial charge in [-0.1, -0.05) is 44.0 Å². The van der Waals surface area contributed by atoms with Crippen molar-refractivity contribution < 1.29 is 4.79 Å². The summed E-state index contributed by atoms with van der Waals surface area (Å²) in [6.07, 6.45) is 0.934. The Morgan fingerprint density at radius 3 is 2.30 bits per heavy atom. The molecule has 4 nitrogen and oxygen atoms in total. The molecule has 6 heteroatoms. The van der Waals surface area contributed by atoms with E-state index in [1.165, 1.54) is 5.56 Å². The van der Waals surface area contributed by atoms with E-state index in [2.05, 4.69) is 24.0 Å². The highest BCUT2D eigenvalue weighted by Crippen LogP contribution is 2.14. The van der Waals surface area contributed by atoms with Crippen LogP contribution in [0.1, 0.15) is 25.8 Å². The Labute approximate surface area is 150 Å². The van der Waals surface area contributed by atoms with E-state index in [1.54, 1.807) is 0 Å². The van der Waals surface area contributed by atoms with Gasteiger partial charge >= 0.3 is 0 Å². The van der Waals surface area contributed by atoms with E-state index in [0.717, 1.165) is 44.2 Å². The van der Waals surface area contributed by atoms with Gasteiger partial charge in [-0.15, -0.1) is 12.4 Å². The fourth-order valence-corrected chi connectivity index (χ4v) is 2.81. The minimum atomic E-state index is -0.368. The number of carbonyl (C=O) groups excluding carboxylic acids is 1. The Morgan fingerprint density at radius 1 is 1.22 bits per heavy atom. The standard InChI is InChI=1S/C17H26ClN3O.ClH/c1-3-13(2)16(19)17(22)21-10-8-20(9-11-21)12-14-4-6-15(18)7-5-14;/h4-7,13,16H,3,8-12,19H2,1-2H3;1H. The number of piperazine rings is 1. The van der Waals surface area contributed by atoms with E-state index in [4.69, 9.17) is 17.3 Å². The molecular weight excluding hydrogens is 333 g/mol. The largest absolute Gasteiger partial charge is 0.339 e. The Hall–Kier alpha value is -0.810. The van der Waals surface area contributed by atoms with E-state index in [0.29, 0.717) is 0 Å². The molecule has 0 aromatic heterocycles. The van der Waals surface area contributed by atoms with Gasteiger partial charge in [-0.05, 0) is 23.6 Å². The average Bonchev–Trinajstić information content (AvgIpc) is 2.55. The molecule has 1 saturated heterocycles. The second-order valence-electron chi connectivity index (χ2n) is 6.14. The molecule has 1 heterocycles. The van der Waals surface area contributed by atoms with Crippen molar-refractivity contribution in [3.8, 4) is 0 Å². The average molecular weight is 360 g/mol. The number of hydrogen-bond acceptors (Lipinski definition) is 3. The summed E-state index contributed by atoms with van der Waals surface area (Å²) in [6, 6.07) is 7.58. The summed E-state index contributed by atoms with van der Waals surface area (Å²) < 4.78 is 0. The Bertz CT molecular complexity index is 487. The van der Waals surface area contributed by atoms with E-state index in [1.807, 2.05) is 24.0 Å². The topological polar surface area (TPSA) is 49.6 Å². The quantitative estimate of drug-likeness (QED) is 0.879. The normalized spacial score (nSPS) is 18.2. The first-order valence-corrected chi connectivity index (χ1v) is 8.40. The highest BCUT2D eigenvalue weighted by Gasteiger charge is 2.27. The maximum atomic E-state index is 12.4. The molecule has 0 bridgehead atoms. The molecule has 2 rings (SSSR count). The summed E-state index contributed by atoms with van der Waals surface area (Å²) in [6.45, 7) is 8.31. The van der Waals surface area contributed by atoms with Crippen molar-refractivity contribution in [3.05, 3.63) is 34.9 Å². The van der Waals surface area contributed by atoms with E-state index in [9.17, 15) is 4.79 Å². The van der Waals surface area contributed by atoms with Crippen molar-refractivity contribution in [2.24, 2.45) is 11.7 Å². The van der Waals surface area contributed by atoms with Gasteiger partial charge < -0.3 is 10.6 Å². The second kappa shape index (κ2) is 9.48. The summed E-state index contributed by atoms with van der Waals surface area (Å²) in [5, 5.41) is 0.762. The number of halogens is 2. The zero-order chi connectivity index (χ0) is 16.1. The first-order valence-electron chi connectivity index (χ1n) is 8.02. The summed E-state index contributed by atoms with van der Waals surface area (Å²) in [5.41, 5.74) is 7.31. The van der Waals surface area contributed by atoms with Crippen molar-refractivity contribution in [3.63, 3.8) is 0 Å². The first kappa shape index (κ1) is 20.2. The maximum absolute atomic E-state index is 12.4. The van der Waals surface area contributed by atoms with Crippen LogP contribution in [0.2, 0.25) is 5.02 Å². The molecule has 2 unspecified atom stereocenters. The zero-order valence-corrected chi connectivity index (χ0v) is 15.4. The highest BCUT2D eigenvalue weighted by atomic mass is 35.5. The Balaban J connectivity index is 0.00000264. The lowest BCUT2D eigenvalue weighted by atomic mass is 9.98. The van der Waals surface area contributed by atoms with Gasteiger partial charge in [0.15, 0.2) is 0 Å². The number of rotatable bonds is 5. The van der Waals surface area contributed by atoms with Gasteiger partial charge in [-0.25, -0.2) is 0 Å². The first-order chi connectivity index (χ1) is 10.5. The molecule has 1 aliphatic rings. The lowest BCUT2D eigenvalue weighted by molar-refractivity contribution is -0.135. The molecule has 1 aromatic rings. The van der Waals surface area contributed by atoms with Gasteiger partial charge in [0.1, 0.15) is 0 Å². The third-order valence-corrected chi connectivity index (χ3v) is 4.80. The molecule has 0 saturated carbocycles. The minimum Gasteiger partial charge on any atom is -0.339 e. The summed E-state index contributed by atoms with van der Waals surface area (Å²) in [5.74, 6) is 0.333. The van der Waals surface area contributed by atoms with Crippen LogP contribution < -0.4 is 5.73 Å². The van der Waals surface area contributed by atoms with Crippen LogP contribution >= 0.6 is 24.0 Å². The van der Waals surface area contributed by atoms with Crippen molar-refractivity contribution in [1.29, 1.82) is 0 Å². The third kappa shape index (κ3) is 5.64. The minimum absolute atomic E-state index is 0. The van der Waals surface area contributed by atoms with Crippen LogP contribution in [0.5, 0.6) is 0 Å². The number of nitrogens with zero attached hydrogens (tertiary/aromatic N) is 2. The molecule has 1 aliphatic heterocycles. The molecule has 1 fully saturated rings. The lowest BCUT2D eigenvalue weighted by Crippen LogP contribution is -2.54. The fraction of sp³-hybridized carbons (Fsp3) is 0.588. The molecule has 0 spiro atoms. The SMILES string of the molecule is CCC(C)C(N)C(=O)N1CCN(Cc2ccc(Cl)cc2)CC1.Cl. The number of amides is 1. The van der Waals surface area contributed by atoms with Crippen LogP contribution in [0.3, 0.4) is 0 Å². The Morgan fingerprint density at radius 2 is 1.78 bits per heavy atom. The lowest BCUT2D eigenvalue weighted by Gasteiger charge is -2.36. The molecule has 0 radical (unpaired) electrons. The molecule has 0 aliphatic carbocycles. The molecule has 2 atom stereocenters. The van der Waals surface area contributed by atoms with Gasteiger partial charge in [0, 0.05) is 37.7 Å². The molecule has 1 amide bonds. The predicted octanol–water partition coefficient (Wildman–Crippen LogP) is 2.78.